The lowest BCUT2D eigenvalue weighted by atomic mass is 9.87. The Balaban J connectivity index is 1.60. The van der Waals surface area contributed by atoms with Gasteiger partial charge >= 0.3 is 0 Å². The lowest BCUT2D eigenvalue weighted by molar-refractivity contribution is 0.305. The van der Waals surface area contributed by atoms with Gasteiger partial charge in [0.15, 0.2) is 0 Å². The summed E-state index contributed by atoms with van der Waals surface area (Å²) in [7, 11) is 0. The van der Waals surface area contributed by atoms with Crippen LogP contribution in [0, 0.1) is 0 Å². The summed E-state index contributed by atoms with van der Waals surface area (Å²) < 4.78 is 5.87. The SMILES string of the molecule is NC1=NC2(CCCCC2)N(c2ccc(Oc3ccc(Cl)cc3)cc2)C(N)=N1. The van der Waals surface area contributed by atoms with Crippen LogP contribution in [0.3, 0.4) is 0 Å². The summed E-state index contributed by atoms with van der Waals surface area (Å²) in [5, 5.41) is 0.676. The van der Waals surface area contributed by atoms with Gasteiger partial charge in [0.2, 0.25) is 11.9 Å². The Labute approximate surface area is 163 Å². The number of aliphatic imine (C=N–C) groups is 2. The predicted octanol–water partition coefficient (Wildman–Crippen LogP) is 4.24. The molecule has 1 spiro atoms. The number of hydrogen-bond donors (Lipinski definition) is 2. The first kappa shape index (κ1) is 17.7. The van der Waals surface area contributed by atoms with E-state index in [1.54, 1.807) is 12.1 Å². The first-order valence-corrected chi connectivity index (χ1v) is 9.47. The number of halogens is 1. The summed E-state index contributed by atoms with van der Waals surface area (Å²) in [5.41, 5.74) is 12.7. The zero-order chi connectivity index (χ0) is 18.9. The van der Waals surface area contributed by atoms with Crippen molar-refractivity contribution < 1.29 is 4.74 Å². The average Bonchev–Trinajstić information content (AvgIpc) is 2.65. The monoisotopic (exact) mass is 383 g/mol. The molecule has 2 aromatic rings. The van der Waals surface area contributed by atoms with Crippen LogP contribution in [0.4, 0.5) is 5.69 Å². The standard InChI is InChI=1S/C20H22ClN5O/c21-14-4-8-16(9-5-14)27-17-10-6-15(7-11-17)26-19(23)24-18(22)25-20(26)12-2-1-3-13-20/h4-11H,1-3,12-13H2,(H4,22,23,24,25). The largest absolute Gasteiger partial charge is 0.457 e. The van der Waals surface area contributed by atoms with Crippen LogP contribution in [-0.2, 0) is 0 Å². The highest BCUT2D eigenvalue weighted by atomic mass is 35.5. The summed E-state index contributed by atoms with van der Waals surface area (Å²) in [6.45, 7) is 0. The second-order valence-corrected chi connectivity index (χ2v) is 7.30. The van der Waals surface area contributed by atoms with E-state index in [0.29, 0.717) is 11.0 Å². The highest BCUT2D eigenvalue weighted by molar-refractivity contribution is 6.30. The third-order valence-electron chi connectivity index (χ3n) is 5.00. The molecule has 0 amide bonds. The van der Waals surface area contributed by atoms with Gasteiger partial charge in [0.1, 0.15) is 17.2 Å². The van der Waals surface area contributed by atoms with E-state index in [1.807, 2.05) is 41.3 Å². The molecule has 0 bridgehead atoms. The fraction of sp³-hybridized carbons (Fsp3) is 0.300. The van der Waals surface area contributed by atoms with Crippen molar-refractivity contribution in [3.8, 4) is 11.5 Å². The number of guanidine groups is 2. The van der Waals surface area contributed by atoms with Gasteiger partial charge < -0.3 is 16.2 Å². The molecule has 0 aromatic heterocycles. The van der Waals surface area contributed by atoms with Crippen molar-refractivity contribution in [1.82, 2.24) is 0 Å². The van der Waals surface area contributed by atoms with E-state index >= 15 is 0 Å². The maximum atomic E-state index is 6.25. The molecule has 1 aliphatic heterocycles. The van der Waals surface area contributed by atoms with E-state index in [4.69, 9.17) is 27.8 Å². The topological polar surface area (TPSA) is 89.2 Å². The number of rotatable bonds is 3. The van der Waals surface area contributed by atoms with Crippen molar-refractivity contribution in [2.75, 3.05) is 4.90 Å². The molecule has 2 aromatic carbocycles. The van der Waals surface area contributed by atoms with Gasteiger partial charge in [-0.1, -0.05) is 18.0 Å². The number of anilines is 1. The summed E-state index contributed by atoms with van der Waals surface area (Å²) >= 11 is 5.91. The van der Waals surface area contributed by atoms with Crippen molar-refractivity contribution in [2.45, 2.75) is 37.8 Å². The Morgan fingerprint density at radius 1 is 0.889 bits per heavy atom. The minimum Gasteiger partial charge on any atom is -0.457 e. The molecule has 1 saturated carbocycles. The molecular weight excluding hydrogens is 362 g/mol. The molecule has 4 N–H and O–H groups in total. The minimum atomic E-state index is -0.438. The molecule has 1 aliphatic carbocycles. The Kier molecular flexibility index (Phi) is 4.66. The van der Waals surface area contributed by atoms with E-state index in [-0.39, 0.29) is 5.96 Å². The third kappa shape index (κ3) is 3.57. The number of hydrogen-bond acceptors (Lipinski definition) is 6. The van der Waals surface area contributed by atoms with E-state index in [1.165, 1.54) is 6.42 Å². The van der Waals surface area contributed by atoms with E-state index < -0.39 is 5.66 Å². The van der Waals surface area contributed by atoms with Crippen LogP contribution in [0.25, 0.3) is 0 Å². The summed E-state index contributed by atoms with van der Waals surface area (Å²) in [4.78, 5) is 10.9. The molecule has 4 rings (SSSR count). The lowest BCUT2D eigenvalue weighted by Gasteiger charge is -2.45. The van der Waals surface area contributed by atoms with E-state index in [9.17, 15) is 0 Å². The van der Waals surface area contributed by atoms with Crippen LogP contribution in [0.5, 0.6) is 11.5 Å². The quantitative estimate of drug-likeness (QED) is 0.829. The van der Waals surface area contributed by atoms with Crippen molar-refractivity contribution in [2.24, 2.45) is 21.5 Å². The summed E-state index contributed by atoms with van der Waals surface area (Å²) in [6, 6.07) is 15.0. The van der Waals surface area contributed by atoms with Crippen LogP contribution < -0.4 is 21.1 Å². The molecule has 7 heteroatoms. The van der Waals surface area contributed by atoms with Gasteiger partial charge in [0, 0.05) is 10.7 Å². The van der Waals surface area contributed by atoms with Gasteiger partial charge in [-0.25, -0.2) is 4.99 Å². The maximum absolute atomic E-state index is 6.25. The van der Waals surface area contributed by atoms with Crippen molar-refractivity contribution in [3.05, 3.63) is 53.6 Å². The molecular formula is C20H22ClN5O. The number of nitrogens with zero attached hydrogens (tertiary/aromatic N) is 3. The molecule has 6 nitrogen and oxygen atoms in total. The van der Waals surface area contributed by atoms with Crippen LogP contribution in [0.1, 0.15) is 32.1 Å². The molecule has 140 valence electrons. The molecule has 2 aliphatic rings. The van der Waals surface area contributed by atoms with Crippen LogP contribution >= 0.6 is 11.6 Å². The van der Waals surface area contributed by atoms with Gasteiger partial charge in [-0.2, -0.15) is 4.99 Å². The van der Waals surface area contributed by atoms with Gasteiger partial charge in [0.05, 0.1) is 0 Å². The fourth-order valence-electron chi connectivity index (χ4n) is 3.80. The van der Waals surface area contributed by atoms with Gasteiger partial charge in [0.25, 0.3) is 0 Å². The first-order chi connectivity index (χ1) is 13.1. The molecule has 0 saturated heterocycles. The zero-order valence-electron chi connectivity index (χ0n) is 14.9. The average molecular weight is 384 g/mol. The molecule has 1 heterocycles. The van der Waals surface area contributed by atoms with E-state index in [2.05, 4.69) is 9.98 Å². The Hall–Kier alpha value is -2.73. The van der Waals surface area contributed by atoms with Crippen molar-refractivity contribution in [1.29, 1.82) is 0 Å². The van der Waals surface area contributed by atoms with Crippen molar-refractivity contribution in [3.63, 3.8) is 0 Å². The number of ether oxygens (including phenoxy) is 1. The van der Waals surface area contributed by atoms with Crippen LogP contribution in [-0.4, -0.2) is 17.6 Å². The van der Waals surface area contributed by atoms with Gasteiger partial charge in [-0.05, 0) is 74.2 Å². The first-order valence-electron chi connectivity index (χ1n) is 9.09. The highest BCUT2D eigenvalue weighted by Crippen LogP contribution is 2.40. The smallest absolute Gasteiger partial charge is 0.220 e. The van der Waals surface area contributed by atoms with E-state index in [0.717, 1.165) is 42.9 Å². The molecule has 0 atom stereocenters. The highest BCUT2D eigenvalue weighted by Gasteiger charge is 2.42. The Morgan fingerprint density at radius 3 is 2.11 bits per heavy atom. The predicted molar refractivity (Wildman–Crippen MR) is 110 cm³/mol. The Bertz CT molecular complexity index is 870. The fourth-order valence-corrected chi connectivity index (χ4v) is 3.92. The lowest BCUT2D eigenvalue weighted by Crippen LogP contribution is -2.58. The van der Waals surface area contributed by atoms with Gasteiger partial charge in [-0.15, -0.1) is 0 Å². The summed E-state index contributed by atoms with van der Waals surface area (Å²) in [5.74, 6) is 2.10. The van der Waals surface area contributed by atoms with Gasteiger partial charge in [-0.3, -0.25) is 4.90 Å². The maximum Gasteiger partial charge on any atom is 0.220 e. The molecule has 27 heavy (non-hydrogen) atoms. The van der Waals surface area contributed by atoms with Crippen LogP contribution in [0.2, 0.25) is 5.02 Å². The van der Waals surface area contributed by atoms with Crippen LogP contribution in [0.15, 0.2) is 58.5 Å². The molecule has 0 unspecified atom stereocenters. The number of nitrogens with two attached hydrogens (primary N) is 2. The normalized spacial score (nSPS) is 18.8. The Morgan fingerprint density at radius 2 is 1.48 bits per heavy atom. The zero-order valence-corrected chi connectivity index (χ0v) is 15.7. The second-order valence-electron chi connectivity index (χ2n) is 6.87. The minimum absolute atomic E-state index is 0.258. The second kappa shape index (κ2) is 7.12. The third-order valence-corrected chi connectivity index (χ3v) is 5.25. The summed E-state index contributed by atoms with van der Waals surface area (Å²) in [6.07, 6.45) is 5.21. The molecule has 1 fully saturated rings. The molecule has 0 radical (unpaired) electrons. The number of benzene rings is 2. The van der Waals surface area contributed by atoms with Crippen molar-refractivity contribution >= 4 is 29.2 Å².